The molecule has 0 radical (unpaired) electrons. The maximum absolute atomic E-state index is 13.7. The van der Waals surface area contributed by atoms with Gasteiger partial charge < -0.3 is 5.11 Å². The van der Waals surface area contributed by atoms with Crippen molar-refractivity contribution in [2.75, 3.05) is 0 Å². The predicted octanol–water partition coefficient (Wildman–Crippen LogP) is 3.76. The van der Waals surface area contributed by atoms with Gasteiger partial charge in [0.05, 0.1) is 5.57 Å². The van der Waals surface area contributed by atoms with Gasteiger partial charge in [-0.3, -0.25) is 0 Å². The van der Waals surface area contributed by atoms with Crippen LogP contribution in [0.15, 0.2) is 48.5 Å². The minimum absolute atomic E-state index is 0.0742. The average molecular weight is 256 g/mol. The molecule has 2 rings (SSSR count). The van der Waals surface area contributed by atoms with Crippen LogP contribution in [0.1, 0.15) is 16.7 Å². The first kappa shape index (κ1) is 13.0. The summed E-state index contributed by atoms with van der Waals surface area (Å²) in [6.45, 7) is 1.83. The molecular formula is C16H13FO2. The number of hydrogen-bond donors (Lipinski definition) is 1. The van der Waals surface area contributed by atoms with Gasteiger partial charge in [-0.15, -0.1) is 0 Å². The Morgan fingerprint density at radius 1 is 1.16 bits per heavy atom. The summed E-state index contributed by atoms with van der Waals surface area (Å²) >= 11 is 0. The van der Waals surface area contributed by atoms with Gasteiger partial charge in [0.25, 0.3) is 0 Å². The molecule has 1 N–H and O–H groups in total. The molecule has 0 atom stereocenters. The molecule has 2 aromatic carbocycles. The molecule has 2 aromatic rings. The van der Waals surface area contributed by atoms with Crippen LogP contribution in [0.25, 0.3) is 11.6 Å². The minimum Gasteiger partial charge on any atom is -0.478 e. The smallest absolute Gasteiger partial charge is 0.336 e. The SMILES string of the molecule is Cc1ccc(F)c(/C=C(/C(=O)O)c2ccccc2)c1. The molecule has 0 aromatic heterocycles. The van der Waals surface area contributed by atoms with E-state index in [-0.39, 0.29) is 11.1 Å². The number of hydrogen-bond acceptors (Lipinski definition) is 1. The Hall–Kier alpha value is -2.42. The molecule has 0 saturated carbocycles. The van der Waals surface area contributed by atoms with Gasteiger partial charge in [0.2, 0.25) is 0 Å². The molecule has 0 amide bonds. The van der Waals surface area contributed by atoms with Crippen molar-refractivity contribution >= 4 is 17.6 Å². The van der Waals surface area contributed by atoms with Crippen LogP contribution in [-0.4, -0.2) is 11.1 Å². The second-order valence-corrected chi connectivity index (χ2v) is 4.25. The molecule has 3 heteroatoms. The molecule has 0 aliphatic carbocycles. The van der Waals surface area contributed by atoms with E-state index >= 15 is 0 Å². The van der Waals surface area contributed by atoms with Crippen molar-refractivity contribution in [3.05, 3.63) is 71.0 Å². The van der Waals surface area contributed by atoms with Crippen molar-refractivity contribution in [3.8, 4) is 0 Å². The van der Waals surface area contributed by atoms with Gasteiger partial charge in [0.15, 0.2) is 0 Å². The van der Waals surface area contributed by atoms with Crippen LogP contribution in [0.5, 0.6) is 0 Å². The Balaban J connectivity index is 2.54. The second kappa shape index (κ2) is 5.48. The predicted molar refractivity (Wildman–Crippen MR) is 73.1 cm³/mol. The summed E-state index contributed by atoms with van der Waals surface area (Å²) in [5, 5.41) is 9.26. The van der Waals surface area contributed by atoms with Crippen LogP contribution in [0.4, 0.5) is 4.39 Å². The van der Waals surface area contributed by atoms with Crippen LogP contribution in [0.2, 0.25) is 0 Å². The van der Waals surface area contributed by atoms with Gasteiger partial charge >= 0.3 is 5.97 Å². The van der Waals surface area contributed by atoms with E-state index in [1.807, 2.05) is 6.92 Å². The van der Waals surface area contributed by atoms with E-state index in [1.165, 1.54) is 12.1 Å². The van der Waals surface area contributed by atoms with Crippen LogP contribution in [0, 0.1) is 12.7 Å². The summed E-state index contributed by atoms with van der Waals surface area (Å²) in [5.74, 6) is -1.51. The molecular weight excluding hydrogens is 243 g/mol. The van der Waals surface area contributed by atoms with Crippen LogP contribution in [-0.2, 0) is 4.79 Å². The third-order valence-electron chi connectivity index (χ3n) is 2.77. The van der Waals surface area contributed by atoms with E-state index in [9.17, 15) is 14.3 Å². The largest absolute Gasteiger partial charge is 0.478 e. The minimum atomic E-state index is -1.08. The van der Waals surface area contributed by atoms with Crippen molar-refractivity contribution < 1.29 is 14.3 Å². The van der Waals surface area contributed by atoms with Crippen molar-refractivity contribution in [2.24, 2.45) is 0 Å². The standard InChI is InChI=1S/C16H13FO2/c1-11-7-8-15(17)13(9-11)10-14(16(18)19)12-5-3-2-4-6-12/h2-10H,1H3,(H,18,19)/b14-10+. The summed E-state index contributed by atoms with van der Waals surface area (Å²) in [6, 6.07) is 13.3. The lowest BCUT2D eigenvalue weighted by Crippen LogP contribution is -2.00. The molecule has 0 aliphatic heterocycles. The normalized spacial score (nSPS) is 11.4. The zero-order valence-corrected chi connectivity index (χ0v) is 10.4. The number of rotatable bonds is 3. The molecule has 0 fully saturated rings. The summed E-state index contributed by atoms with van der Waals surface area (Å²) < 4.78 is 13.7. The van der Waals surface area contributed by atoms with Gasteiger partial charge in [-0.05, 0) is 30.7 Å². The Morgan fingerprint density at radius 2 is 1.84 bits per heavy atom. The first-order valence-corrected chi connectivity index (χ1v) is 5.84. The number of carboxylic acids is 1. The lowest BCUT2D eigenvalue weighted by atomic mass is 10.0. The van der Waals surface area contributed by atoms with E-state index in [4.69, 9.17) is 0 Å². The molecule has 0 bridgehead atoms. The Labute approximate surface area is 110 Å². The zero-order chi connectivity index (χ0) is 13.8. The Bertz CT molecular complexity index is 630. The molecule has 19 heavy (non-hydrogen) atoms. The maximum atomic E-state index is 13.7. The topological polar surface area (TPSA) is 37.3 Å². The highest BCUT2D eigenvalue weighted by Crippen LogP contribution is 2.20. The number of benzene rings is 2. The summed E-state index contributed by atoms with van der Waals surface area (Å²) in [4.78, 5) is 11.3. The van der Waals surface area contributed by atoms with Gasteiger partial charge in [-0.2, -0.15) is 0 Å². The third-order valence-corrected chi connectivity index (χ3v) is 2.77. The fourth-order valence-corrected chi connectivity index (χ4v) is 1.82. The molecule has 0 heterocycles. The number of halogens is 1. The lowest BCUT2D eigenvalue weighted by molar-refractivity contribution is -0.130. The van der Waals surface area contributed by atoms with E-state index < -0.39 is 11.8 Å². The van der Waals surface area contributed by atoms with E-state index in [2.05, 4.69) is 0 Å². The van der Waals surface area contributed by atoms with Crippen molar-refractivity contribution in [1.29, 1.82) is 0 Å². The Kier molecular flexibility index (Phi) is 3.76. The average Bonchev–Trinajstić information content (AvgIpc) is 2.40. The van der Waals surface area contributed by atoms with Crippen LogP contribution >= 0.6 is 0 Å². The number of aryl methyl sites for hydroxylation is 1. The molecule has 0 aliphatic rings. The Morgan fingerprint density at radius 3 is 2.47 bits per heavy atom. The number of aliphatic carboxylic acids is 1. The summed E-state index contributed by atoms with van der Waals surface area (Å²) in [6.07, 6.45) is 1.36. The number of carbonyl (C=O) groups is 1. The first-order valence-electron chi connectivity index (χ1n) is 5.84. The van der Waals surface area contributed by atoms with Crippen molar-refractivity contribution in [2.45, 2.75) is 6.92 Å². The fraction of sp³-hybridized carbons (Fsp3) is 0.0625. The lowest BCUT2D eigenvalue weighted by Gasteiger charge is -2.04. The maximum Gasteiger partial charge on any atom is 0.336 e. The van der Waals surface area contributed by atoms with Gasteiger partial charge in [-0.1, -0.05) is 42.0 Å². The fourth-order valence-electron chi connectivity index (χ4n) is 1.82. The summed E-state index contributed by atoms with van der Waals surface area (Å²) in [7, 11) is 0. The summed E-state index contributed by atoms with van der Waals surface area (Å²) in [5.41, 5.74) is 1.78. The van der Waals surface area contributed by atoms with E-state index in [1.54, 1.807) is 42.5 Å². The quantitative estimate of drug-likeness (QED) is 0.670. The van der Waals surface area contributed by atoms with Crippen molar-refractivity contribution in [3.63, 3.8) is 0 Å². The number of carboxylic acid groups (broad SMARTS) is 1. The third kappa shape index (κ3) is 3.07. The zero-order valence-electron chi connectivity index (χ0n) is 10.4. The highest BCUT2D eigenvalue weighted by atomic mass is 19.1. The highest BCUT2D eigenvalue weighted by Gasteiger charge is 2.11. The van der Waals surface area contributed by atoms with Gasteiger partial charge in [0.1, 0.15) is 5.82 Å². The van der Waals surface area contributed by atoms with E-state index in [0.717, 1.165) is 5.56 Å². The van der Waals surface area contributed by atoms with E-state index in [0.29, 0.717) is 5.56 Å². The molecule has 2 nitrogen and oxygen atoms in total. The monoisotopic (exact) mass is 256 g/mol. The highest BCUT2D eigenvalue weighted by molar-refractivity contribution is 6.20. The van der Waals surface area contributed by atoms with Crippen LogP contribution in [0.3, 0.4) is 0 Å². The van der Waals surface area contributed by atoms with Crippen molar-refractivity contribution in [1.82, 2.24) is 0 Å². The molecule has 96 valence electrons. The van der Waals surface area contributed by atoms with Gasteiger partial charge in [0, 0.05) is 5.56 Å². The van der Waals surface area contributed by atoms with Gasteiger partial charge in [-0.25, -0.2) is 9.18 Å². The second-order valence-electron chi connectivity index (χ2n) is 4.25. The first-order chi connectivity index (χ1) is 9.08. The van der Waals surface area contributed by atoms with Crippen LogP contribution < -0.4 is 0 Å². The molecule has 0 saturated heterocycles. The molecule has 0 spiro atoms. The molecule has 0 unspecified atom stereocenters.